The van der Waals surface area contributed by atoms with Crippen LogP contribution >= 0.6 is 0 Å². The Bertz CT molecular complexity index is 542. The van der Waals surface area contributed by atoms with E-state index in [1.807, 2.05) is 0 Å². The molecule has 17 heavy (non-hydrogen) atoms. The first-order valence-electron chi connectivity index (χ1n) is 5.94. The van der Waals surface area contributed by atoms with Gasteiger partial charge in [0.05, 0.1) is 6.20 Å². The SMILES string of the molecule is O=C(NC1CCCC1)c1cnn2cccnc12. The monoisotopic (exact) mass is 230 g/mol. The van der Waals surface area contributed by atoms with Crippen molar-refractivity contribution < 1.29 is 4.79 Å². The summed E-state index contributed by atoms with van der Waals surface area (Å²) in [6.45, 7) is 0. The fourth-order valence-corrected chi connectivity index (χ4v) is 2.32. The molecule has 0 bridgehead atoms. The number of fused-ring (bicyclic) bond motifs is 1. The first-order valence-corrected chi connectivity index (χ1v) is 5.94. The Hall–Kier alpha value is -1.91. The van der Waals surface area contributed by atoms with E-state index in [2.05, 4.69) is 15.4 Å². The Morgan fingerprint density at radius 3 is 3.06 bits per heavy atom. The Labute approximate surface area is 98.9 Å². The van der Waals surface area contributed by atoms with Crippen molar-refractivity contribution in [2.75, 3.05) is 0 Å². The van der Waals surface area contributed by atoms with Crippen molar-refractivity contribution in [1.29, 1.82) is 0 Å². The third-order valence-corrected chi connectivity index (χ3v) is 3.21. The van der Waals surface area contributed by atoms with Crippen molar-refractivity contribution in [3.05, 3.63) is 30.2 Å². The van der Waals surface area contributed by atoms with Gasteiger partial charge in [-0.1, -0.05) is 12.8 Å². The normalized spacial score (nSPS) is 16.5. The van der Waals surface area contributed by atoms with Crippen LogP contribution in [0.4, 0.5) is 0 Å². The number of rotatable bonds is 2. The molecule has 0 atom stereocenters. The summed E-state index contributed by atoms with van der Waals surface area (Å²) >= 11 is 0. The lowest BCUT2D eigenvalue weighted by Gasteiger charge is -2.10. The molecule has 1 aliphatic carbocycles. The van der Waals surface area contributed by atoms with E-state index in [9.17, 15) is 4.79 Å². The summed E-state index contributed by atoms with van der Waals surface area (Å²) in [7, 11) is 0. The lowest BCUT2D eigenvalue weighted by Crippen LogP contribution is -2.32. The minimum atomic E-state index is -0.0643. The Morgan fingerprint density at radius 1 is 1.41 bits per heavy atom. The Morgan fingerprint density at radius 2 is 2.24 bits per heavy atom. The maximum atomic E-state index is 12.1. The second kappa shape index (κ2) is 4.16. The van der Waals surface area contributed by atoms with Gasteiger partial charge in [0.15, 0.2) is 5.65 Å². The fraction of sp³-hybridized carbons (Fsp3) is 0.417. The molecule has 5 heteroatoms. The van der Waals surface area contributed by atoms with Gasteiger partial charge in [-0.15, -0.1) is 0 Å². The number of hydrogen-bond donors (Lipinski definition) is 1. The average molecular weight is 230 g/mol. The molecule has 1 aliphatic rings. The standard InChI is InChI=1S/C12H14N4O/c17-12(15-9-4-1-2-5-9)10-8-14-16-7-3-6-13-11(10)16/h3,6-9H,1-2,4-5H2,(H,15,17). The lowest BCUT2D eigenvalue weighted by atomic mass is 10.2. The summed E-state index contributed by atoms with van der Waals surface area (Å²) < 4.78 is 1.61. The van der Waals surface area contributed by atoms with E-state index in [4.69, 9.17) is 0 Å². The van der Waals surface area contributed by atoms with Crippen molar-refractivity contribution in [3.8, 4) is 0 Å². The van der Waals surface area contributed by atoms with Gasteiger partial charge in [0, 0.05) is 18.4 Å². The van der Waals surface area contributed by atoms with E-state index < -0.39 is 0 Å². The Balaban J connectivity index is 1.85. The van der Waals surface area contributed by atoms with Gasteiger partial charge < -0.3 is 5.32 Å². The van der Waals surface area contributed by atoms with E-state index in [0.717, 1.165) is 12.8 Å². The largest absolute Gasteiger partial charge is 0.349 e. The molecule has 2 aromatic heterocycles. The molecular weight excluding hydrogens is 216 g/mol. The summed E-state index contributed by atoms with van der Waals surface area (Å²) in [5.41, 5.74) is 1.17. The van der Waals surface area contributed by atoms with Crippen molar-refractivity contribution >= 4 is 11.6 Å². The van der Waals surface area contributed by atoms with Gasteiger partial charge in [-0.2, -0.15) is 5.10 Å². The highest BCUT2D eigenvalue weighted by Gasteiger charge is 2.20. The van der Waals surface area contributed by atoms with Crippen LogP contribution in [0.25, 0.3) is 5.65 Å². The number of carbonyl (C=O) groups is 1. The molecule has 0 unspecified atom stereocenters. The average Bonchev–Trinajstić information content (AvgIpc) is 2.96. The molecule has 1 amide bonds. The number of carbonyl (C=O) groups excluding carboxylic acids is 1. The maximum Gasteiger partial charge on any atom is 0.256 e. The zero-order valence-corrected chi connectivity index (χ0v) is 9.47. The molecule has 0 radical (unpaired) electrons. The number of amides is 1. The quantitative estimate of drug-likeness (QED) is 0.848. The van der Waals surface area contributed by atoms with E-state index in [-0.39, 0.29) is 5.91 Å². The molecule has 0 spiro atoms. The third-order valence-electron chi connectivity index (χ3n) is 3.21. The fourth-order valence-electron chi connectivity index (χ4n) is 2.32. The summed E-state index contributed by atoms with van der Waals surface area (Å²) in [5.74, 6) is -0.0643. The molecule has 0 saturated heterocycles. The zero-order valence-electron chi connectivity index (χ0n) is 9.47. The van der Waals surface area contributed by atoms with E-state index in [0.29, 0.717) is 17.3 Å². The summed E-state index contributed by atoms with van der Waals surface area (Å²) in [4.78, 5) is 16.2. The number of nitrogens with zero attached hydrogens (tertiary/aromatic N) is 3. The van der Waals surface area contributed by atoms with E-state index in [1.54, 1.807) is 29.2 Å². The van der Waals surface area contributed by atoms with Gasteiger partial charge in [0.25, 0.3) is 5.91 Å². The van der Waals surface area contributed by atoms with E-state index in [1.165, 1.54) is 12.8 Å². The predicted octanol–water partition coefficient (Wildman–Crippen LogP) is 1.40. The molecular formula is C12H14N4O. The predicted molar refractivity (Wildman–Crippen MR) is 62.7 cm³/mol. The molecule has 88 valence electrons. The smallest absolute Gasteiger partial charge is 0.256 e. The summed E-state index contributed by atoms with van der Waals surface area (Å²) in [5, 5.41) is 7.15. The number of hydrogen-bond acceptors (Lipinski definition) is 3. The maximum absolute atomic E-state index is 12.1. The number of aromatic nitrogens is 3. The van der Waals surface area contributed by atoms with E-state index >= 15 is 0 Å². The zero-order chi connectivity index (χ0) is 11.7. The molecule has 5 nitrogen and oxygen atoms in total. The summed E-state index contributed by atoms with van der Waals surface area (Å²) in [6.07, 6.45) is 9.61. The van der Waals surface area contributed by atoms with Crippen molar-refractivity contribution in [1.82, 2.24) is 19.9 Å². The molecule has 1 saturated carbocycles. The molecule has 2 heterocycles. The van der Waals surface area contributed by atoms with Gasteiger partial charge >= 0.3 is 0 Å². The van der Waals surface area contributed by atoms with Crippen LogP contribution in [-0.2, 0) is 0 Å². The van der Waals surface area contributed by atoms with Crippen LogP contribution < -0.4 is 5.32 Å². The molecule has 0 aliphatic heterocycles. The van der Waals surface area contributed by atoms with Crippen LogP contribution in [0.2, 0.25) is 0 Å². The molecule has 1 fully saturated rings. The van der Waals surface area contributed by atoms with Crippen molar-refractivity contribution in [2.24, 2.45) is 0 Å². The molecule has 1 N–H and O–H groups in total. The molecule has 2 aromatic rings. The van der Waals surface area contributed by atoms with Gasteiger partial charge in [-0.25, -0.2) is 9.50 Å². The van der Waals surface area contributed by atoms with Crippen LogP contribution in [0.15, 0.2) is 24.7 Å². The second-order valence-corrected chi connectivity index (χ2v) is 4.40. The van der Waals surface area contributed by atoms with Crippen LogP contribution in [0.5, 0.6) is 0 Å². The topological polar surface area (TPSA) is 59.3 Å². The van der Waals surface area contributed by atoms with Gasteiger partial charge in [-0.3, -0.25) is 4.79 Å². The highest BCUT2D eigenvalue weighted by molar-refractivity contribution is 5.99. The van der Waals surface area contributed by atoms with Crippen LogP contribution in [-0.4, -0.2) is 26.5 Å². The first-order chi connectivity index (χ1) is 8.34. The van der Waals surface area contributed by atoms with Crippen LogP contribution in [0.3, 0.4) is 0 Å². The molecule has 0 aromatic carbocycles. The van der Waals surface area contributed by atoms with Crippen molar-refractivity contribution in [3.63, 3.8) is 0 Å². The van der Waals surface area contributed by atoms with Gasteiger partial charge in [0.1, 0.15) is 5.56 Å². The first kappa shape index (κ1) is 10.3. The highest BCUT2D eigenvalue weighted by Crippen LogP contribution is 2.18. The van der Waals surface area contributed by atoms with Gasteiger partial charge in [0.2, 0.25) is 0 Å². The molecule has 3 rings (SSSR count). The Kier molecular flexibility index (Phi) is 2.51. The minimum Gasteiger partial charge on any atom is -0.349 e. The van der Waals surface area contributed by atoms with Crippen LogP contribution in [0, 0.1) is 0 Å². The lowest BCUT2D eigenvalue weighted by molar-refractivity contribution is 0.0939. The summed E-state index contributed by atoms with van der Waals surface area (Å²) in [6, 6.07) is 2.11. The highest BCUT2D eigenvalue weighted by atomic mass is 16.1. The second-order valence-electron chi connectivity index (χ2n) is 4.40. The minimum absolute atomic E-state index is 0.0643. The van der Waals surface area contributed by atoms with Crippen molar-refractivity contribution in [2.45, 2.75) is 31.7 Å². The third kappa shape index (κ3) is 1.88. The number of nitrogens with one attached hydrogen (secondary N) is 1. The van der Waals surface area contributed by atoms with Crippen LogP contribution in [0.1, 0.15) is 36.0 Å². The van der Waals surface area contributed by atoms with Gasteiger partial charge in [-0.05, 0) is 18.9 Å².